The highest BCUT2D eigenvalue weighted by molar-refractivity contribution is 5.99. The molecular formula is C24H18F3N5O3. The largest absolute Gasteiger partial charge is 0.418 e. The molecule has 11 heteroatoms. The molecular weight excluding hydrogens is 463 g/mol. The number of alkyl halides is 1. The molecule has 0 aliphatic carbocycles. The summed E-state index contributed by atoms with van der Waals surface area (Å²) in [6.45, 7) is 1.38. The van der Waals surface area contributed by atoms with Gasteiger partial charge in [-0.25, -0.2) is 23.1 Å². The van der Waals surface area contributed by atoms with Crippen LogP contribution in [0, 0.1) is 11.6 Å². The summed E-state index contributed by atoms with van der Waals surface area (Å²) >= 11 is 0. The molecule has 35 heavy (non-hydrogen) atoms. The first kappa shape index (κ1) is 22.7. The number of aliphatic hydroxyl groups is 1. The number of amides is 1. The van der Waals surface area contributed by atoms with Crippen LogP contribution in [-0.2, 0) is 6.54 Å². The van der Waals surface area contributed by atoms with Gasteiger partial charge in [-0.2, -0.15) is 0 Å². The maximum absolute atomic E-state index is 13.9. The zero-order valence-electron chi connectivity index (χ0n) is 18.3. The SMILES string of the molecule is CC(F)c1nnc(-c2ccc3c(c2)C(=O)N([C@H](c2ncccn2)[C@@H](O)c2ccc(F)c(F)c2)C3)o1. The van der Waals surface area contributed by atoms with Crippen LogP contribution in [0.4, 0.5) is 13.2 Å². The van der Waals surface area contributed by atoms with E-state index in [-0.39, 0.29) is 29.7 Å². The first-order chi connectivity index (χ1) is 16.8. The Morgan fingerprint density at radius 1 is 1.06 bits per heavy atom. The average Bonchev–Trinajstić information content (AvgIpc) is 3.47. The number of nitrogens with zero attached hydrogens (tertiary/aromatic N) is 5. The third-order valence-corrected chi connectivity index (χ3v) is 5.74. The Morgan fingerprint density at radius 3 is 2.51 bits per heavy atom. The highest BCUT2D eigenvalue weighted by Crippen LogP contribution is 2.39. The van der Waals surface area contributed by atoms with Gasteiger partial charge in [-0.1, -0.05) is 12.1 Å². The molecule has 1 aliphatic heterocycles. The zero-order valence-corrected chi connectivity index (χ0v) is 18.3. The van der Waals surface area contributed by atoms with Crippen molar-refractivity contribution >= 4 is 5.91 Å². The molecule has 2 aromatic heterocycles. The van der Waals surface area contributed by atoms with E-state index in [0.717, 1.165) is 12.1 Å². The van der Waals surface area contributed by atoms with Gasteiger partial charge in [0.15, 0.2) is 23.6 Å². The molecule has 0 bridgehead atoms. The van der Waals surface area contributed by atoms with E-state index >= 15 is 0 Å². The van der Waals surface area contributed by atoms with Crippen molar-refractivity contribution < 1.29 is 27.5 Å². The summed E-state index contributed by atoms with van der Waals surface area (Å²) in [7, 11) is 0. The van der Waals surface area contributed by atoms with Crippen LogP contribution >= 0.6 is 0 Å². The van der Waals surface area contributed by atoms with Gasteiger partial charge >= 0.3 is 0 Å². The number of hydrogen-bond donors (Lipinski definition) is 1. The number of carbonyl (C=O) groups is 1. The van der Waals surface area contributed by atoms with E-state index in [0.29, 0.717) is 16.7 Å². The molecule has 0 radical (unpaired) electrons. The van der Waals surface area contributed by atoms with E-state index in [1.54, 1.807) is 24.3 Å². The molecule has 0 saturated heterocycles. The molecule has 1 aliphatic rings. The molecule has 0 spiro atoms. The van der Waals surface area contributed by atoms with Gasteiger partial charge in [0.1, 0.15) is 12.1 Å². The number of aliphatic hydroxyl groups excluding tert-OH is 1. The second-order valence-corrected chi connectivity index (χ2v) is 8.04. The predicted octanol–water partition coefficient (Wildman–Crippen LogP) is 4.27. The second kappa shape index (κ2) is 8.91. The van der Waals surface area contributed by atoms with Gasteiger partial charge in [0.2, 0.25) is 5.89 Å². The van der Waals surface area contributed by atoms with Crippen molar-refractivity contribution in [2.75, 3.05) is 0 Å². The summed E-state index contributed by atoms with van der Waals surface area (Å²) in [5.74, 6) is -2.62. The Kier molecular flexibility index (Phi) is 5.77. The van der Waals surface area contributed by atoms with Gasteiger partial charge in [0.25, 0.3) is 11.8 Å². The minimum Gasteiger partial charge on any atom is -0.418 e. The summed E-state index contributed by atoms with van der Waals surface area (Å²) in [5, 5.41) is 18.7. The Labute approximate surface area is 197 Å². The van der Waals surface area contributed by atoms with Gasteiger partial charge in [0, 0.05) is 30.1 Å². The van der Waals surface area contributed by atoms with Crippen molar-refractivity contribution in [2.45, 2.75) is 31.8 Å². The van der Waals surface area contributed by atoms with Gasteiger partial charge in [-0.3, -0.25) is 4.79 Å². The third-order valence-electron chi connectivity index (χ3n) is 5.74. The molecule has 0 saturated carbocycles. The lowest BCUT2D eigenvalue weighted by atomic mass is 9.99. The van der Waals surface area contributed by atoms with Crippen LogP contribution in [0.3, 0.4) is 0 Å². The van der Waals surface area contributed by atoms with Crippen molar-refractivity contribution in [3.63, 3.8) is 0 Å². The number of halogens is 3. The minimum atomic E-state index is -1.45. The highest BCUT2D eigenvalue weighted by Gasteiger charge is 2.39. The fraction of sp³-hybridized carbons (Fsp3) is 0.208. The summed E-state index contributed by atoms with van der Waals surface area (Å²) in [6, 6.07) is 8.41. The minimum absolute atomic E-state index is 0.0586. The summed E-state index contributed by atoms with van der Waals surface area (Å²) in [6.07, 6.45) is 0.0259. The molecule has 1 unspecified atom stereocenters. The summed E-state index contributed by atoms with van der Waals surface area (Å²) in [4.78, 5) is 23.2. The Hall–Kier alpha value is -4.12. The predicted molar refractivity (Wildman–Crippen MR) is 115 cm³/mol. The van der Waals surface area contributed by atoms with E-state index in [1.807, 2.05) is 0 Å². The van der Waals surface area contributed by atoms with Crippen LogP contribution in [0.15, 0.2) is 59.3 Å². The van der Waals surface area contributed by atoms with Crippen LogP contribution in [-0.4, -0.2) is 36.1 Å². The van der Waals surface area contributed by atoms with Crippen molar-refractivity contribution in [1.29, 1.82) is 0 Å². The molecule has 2 aromatic carbocycles. The van der Waals surface area contributed by atoms with E-state index in [4.69, 9.17) is 4.42 Å². The quantitative estimate of drug-likeness (QED) is 0.439. The lowest BCUT2D eigenvalue weighted by molar-refractivity contribution is 0.0331. The maximum Gasteiger partial charge on any atom is 0.255 e. The molecule has 8 nitrogen and oxygen atoms in total. The Morgan fingerprint density at radius 2 is 1.83 bits per heavy atom. The standard InChI is InChI=1S/C24H18F3N5O3/c1-12(25)22-30-31-23(35-22)14-3-4-15-11-32(24(34)16(15)9-14)19(21-28-7-2-8-29-21)20(33)13-5-6-17(26)18(27)10-13/h2-10,12,19-20,33H,11H2,1H3/t12?,19-,20-/m0/s1. The van der Waals surface area contributed by atoms with Crippen molar-refractivity contribution in [2.24, 2.45) is 0 Å². The van der Waals surface area contributed by atoms with Crippen molar-refractivity contribution in [1.82, 2.24) is 25.1 Å². The molecule has 3 atom stereocenters. The molecule has 178 valence electrons. The van der Waals surface area contributed by atoms with E-state index in [9.17, 15) is 23.1 Å². The fourth-order valence-electron chi connectivity index (χ4n) is 3.99. The highest BCUT2D eigenvalue weighted by atomic mass is 19.2. The van der Waals surface area contributed by atoms with Gasteiger partial charge < -0.3 is 14.4 Å². The van der Waals surface area contributed by atoms with E-state index in [1.165, 1.54) is 30.3 Å². The summed E-state index contributed by atoms with van der Waals surface area (Å²) < 4.78 is 46.2. The Bertz CT molecular complexity index is 1400. The third kappa shape index (κ3) is 4.14. The molecule has 5 rings (SSSR count). The van der Waals surface area contributed by atoms with Crippen molar-refractivity contribution in [3.05, 3.63) is 94.9 Å². The first-order valence-corrected chi connectivity index (χ1v) is 10.6. The summed E-state index contributed by atoms with van der Waals surface area (Å²) in [5.41, 5.74) is 1.45. The van der Waals surface area contributed by atoms with Gasteiger partial charge in [-0.15, -0.1) is 10.2 Å². The smallest absolute Gasteiger partial charge is 0.255 e. The fourth-order valence-corrected chi connectivity index (χ4v) is 3.99. The number of fused-ring (bicyclic) bond motifs is 1. The van der Waals surface area contributed by atoms with Crippen LogP contribution in [0.5, 0.6) is 0 Å². The monoisotopic (exact) mass is 481 g/mol. The van der Waals surface area contributed by atoms with Crippen molar-refractivity contribution in [3.8, 4) is 11.5 Å². The number of benzene rings is 2. The van der Waals surface area contributed by atoms with E-state index < -0.39 is 35.9 Å². The van der Waals surface area contributed by atoms with E-state index in [2.05, 4.69) is 20.2 Å². The number of rotatable bonds is 6. The Balaban J connectivity index is 1.51. The van der Waals surface area contributed by atoms with Crippen LogP contribution in [0.1, 0.15) is 58.4 Å². The van der Waals surface area contributed by atoms with Gasteiger partial charge in [0.05, 0.1) is 0 Å². The van der Waals surface area contributed by atoms with Gasteiger partial charge in [-0.05, 0) is 48.4 Å². The number of hydrogen-bond acceptors (Lipinski definition) is 7. The molecule has 4 aromatic rings. The average molecular weight is 481 g/mol. The first-order valence-electron chi connectivity index (χ1n) is 10.6. The number of carbonyl (C=O) groups excluding carboxylic acids is 1. The number of aromatic nitrogens is 4. The van der Waals surface area contributed by atoms with Crippen LogP contribution in [0.2, 0.25) is 0 Å². The molecule has 3 heterocycles. The normalized spacial score (nSPS) is 15.7. The second-order valence-electron chi connectivity index (χ2n) is 8.04. The van der Waals surface area contributed by atoms with Crippen LogP contribution in [0.25, 0.3) is 11.5 Å². The van der Waals surface area contributed by atoms with Crippen LogP contribution < -0.4 is 0 Å². The lowest BCUT2D eigenvalue weighted by Crippen LogP contribution is -2.34. The zero-order chi connectivity index (χ0) is 24.7. The molecule has 1 amide bonds. The maximum atomic E-state index is 13.9. The molecule has 0 fully saturated rings. The lowest BCUT2D eigenvalue weighted by Gasteiger charge is -2.30. The molecule has 1 N–H and O–H groups in total. The topological polar surface area (TPSA) is 105 Å².